The van der Waals surface area contributed by atoms with Crippen LogP contribution in [0.3, 0.4) is 0 Å². The van der Waals surface area contributed by atoms with Gasteiger partial charge in [0.15, 0.2) is 0 Å². The van der Waals surface area contributed by atoms with Gasteiger partial charge in [-0.15, -0.1) is 0 Å². The summed E-state index contributed by atoms with van der Waals surface area (Å²) < 4.78 is 5.22. The highest BCUT2D eigenvalue weighted by atomic mass is 16.4. The fourth-order valence-electron chi connectivity index (χ4n) is 3.00. The van der Waals surface area contributed by atoms with Gasteiger partial charge in [-0.2, -0.15) is 0 Å². The van der Waals surface area contributed by atoms with Crippen LogP contribution < -0.4 is 10.9 Å². The second-order valence-corrected chi connectivity index (χ2v) is 6.65. The molecule has 0 unspecified atom stereocenters. The summed E-state index contributed by atoms with van der Waals surface area (Å²) in [6.07, 6.45) is 0.595. The zero-order valence-corrected chi connectivity index (χ0v) is 14.0. The molecule has 1 atom stereocenters. The van der Waals surface area contributed by atoms with Gasteiger partial charge in [0.25, 0.3) is 5.91 Å². The Morgan fingerprint density at radius 3 is 2.67 bits per heavy atom. The number of imide groups is 1. The van der Waals surface area contributed by atoms with E-state index in [1.807, 2.05) is 32.9 Å². The van der Waals surface area contributed by atoms with Crippen LogP contribution in [0.5, 0.6) is 0 Å². The molecule has 0 spiro atoms. The van der Waals surface area contributed by atoms with Crippen LogP contribution in [-0.2, 0) is 11.3 Å². The molecule has 2 heterocycles. The summed E-state index contributed by atoms with van der Waals surface area (Å²) in [4.78, 5) is 37.6. The maximum Gasteiger partial charge on any atom is 0.336 e. The maximum atomic E-state index is 12.5. The predicted molar refractivity (Wildman–Crippen MR) is 89.5 cm³/mol. The van der Waals surface area contributed by atoms with Crippen molar-refractivity contribution in [3.8, 4) is 0 Å². The van der Waals surface area contributed by atoms with E-state index in [-0.39, 0.29) is 12.5 Å². The molecule has 0 radical (unpaired) electrons. The number of carbonyl (C=O) groups excluding carboxylic acids is 2. The lowest BCUT2D eigenvalue weighted by molar-refractivity contribution is -0.128. The largest absolute Gasteiger partial charge is 0.423 e. The zero-order chi connectivity index (χ0) is 17.4. The molecule has 1 aromatic heterocycles. The number of aryl methyl sites for hydroxylation is 1. The molecule has 1 N–H and O–H groups in total. The van der Waals surface area contributed by atoms with E-state index in [1.165, 1.54) is 11.0 Å². The minimum Gasteiger partial charge on any atom is -0.423 e. The van der Waals surface area contributed by atoms with Crippen LogP contribution in [0.25, 0.3) is 11.0 Å². The van der Waals surface area contributed by atoms with Gasteiger partial charge in [-0.1, -0.05) is 26.0 Å². The second-order valence-electron chi connectivity index (χ2n) is 6.65. The quantitative estimate of drug-likeness (QED) is 0.691. The lowest BCUT2D eigenvalue weighted by atomic mass is 10.0. The highest BCUT2D eigenvalue weighted by Gasteiger charge is 2.38. The minimum absolute atomic E-state index is 0.0599. The van der Waals surface area contributed by atoms with E-state index in [0.717, 1.165) is 10.9 Å². The maximum absolute atomic E-state index is 12.5. The van der Waals surface area contributed by atoms with Gasteiger partial charge in [0, 0.05) is 11.5 Å². The number of hydrogen-bond acceptors (Lipinski definition) is 4. The molecule has 1 aromatic carbocycles. The third-order valence-electron chi connectivity index (χ3n) is 4.13. The molecular weight excluding hydrogens is 308 g/mol. The Kier molecular flexibility index (Phi) is 4.13. The van der Waals surface area contributed by atoms with Crippen molar-refractivity contribution in [1.29, 1.82) is 0 Å². The van der Waals surface area contributed by atoms with E-state index in [9.17, 15) is 14.4 Å². The van der Waals surface area contributed by atoms with Crippen molar-refractivity contribution < 1.29 is 14.0 Å². The van der Waals surface area contributed by atoms with E-state index in [1.54, 1.807) is 6.07 Å². The van der Waals surface area contributed by atoms with E-state index in [0.29, 0.717) is 23.5 Å². The molecule has 0 bridgehead atoms. The Bertz CT molecular complexity index is 869. The number of amides is 3. The van der Waals surface area contributed by atoms with E-state index < -0.39 is 17.7 Å². The second kappa shape index (κ2) is 6.11. The molecule has 1 saturated heterocycles. The van der Waals surface area contributed by atoms with E-state index >= 15 is 0 Å². The third kappa shape index (κ3) is 3.04. The number of carbonyl (C=O) groups is 2. The number of urea groups is 1. The van der Waals surface area contributed by atoms with E-state index in [2.05, 4.69) is 5.32 Å². The average molecular weight is 328 g/mol. The highest BCUT2D eigenvalue weighted by Crippen LogP contribution is 2.22. The fraction of sp³-hybridized carbons (Fsp3) is 0.389. The Morgan fingerprint density at radius 2 is 1.96 bits per heavy atom. The lowest BCUT2D eigenvalue weighted by Crippen LogP contribution is -2.31. The first-order valence-electron chi connectivity index (χ1n) is 8.00. The van der Waals surface area contributed by atoms with Gasteiger partial charge in [0.1, 0.15) is 11.6 Å². The van der Waals surface area contributed by atoms with Gasteiger partial charge >= 0.3 is 11.7 Å². The van der Waals surface area contributed by atoms with Gasteiger partial charge in [-0.3, -0.25) is 9.69 Å². The molecule has 1 fully saturated rings. The number of rotatable bonds is 4. The highest BCUT2D eigenvalue weighted by molar-refractivity contribution is 6.04. The minimum atomic E-state index is -0.494. The standard InChI is InChI=1S/C18H20N2O4/c1-10(2)6-14-17(22)20(18(23)19-14)9-12-8-16(21)24-15-7-11(3)4-5-13(12)15/h4-5,7-8,10,14H,6,9H2,1-3H3,(H,19,23)/t14-/m0/s1. The molecule has 3 amide bonds. The van der Waals surface area contributed by atoms with Crippen molar-refractivity contribution in [2.75, 3.05) is 0 Å². The summed E-state index contributed by atoms with van der Waals surface area (Å²) in [5.41, 5.74) is 1.54. The molecule has 1 aliphatic heterocycles. The van der Waals surface area contributed by atoms with Gasteiger partial charge in [-0.25, -0.2) is 9.59 Å². The number of hydrogen-bond donors (Lipinski definition) is 1. The summed E-state index contributed by atoms with van der Waals surface area (Å²) in [6, 6.07) is 5.94. The number of nitrogens with zero attached hydrogens (tertiary/aromatic N) is 1. The Morgan fingerprint density at radius 1 is 1.21 bits per heavy atom. The molecule has 0 saturated carbocycles. The van der Waals surface area contributed by atoms with Crippen LogP contribution in [-0.4, -0.2) is 22.9 Å². The van der Waals surface area contributed by atoms with E-state index in [4.69, 9.17) is 4.42 Å². The molecule has 0 aliphatic carbocycles. The number of fused-ring (bicyclic) bond motifs is 1. The monoisotopic (exact) mass is 328 g/mol. The summed E-state index contributed by atoms with van der Waals surface area (Å²) in [7, 11) is 0. The molecule has 126 valence electrons. The lowest BCUT2D eigenvalue weighted by Gasteiger charge is -2.15. The van der Waals surface area contributed by atoms with Crippen molar-refractivity contribution in [2.24, 2.45) is 5.92 Å². The molecule has 3 rings (SSSR count). The first-order valence-corrected chi connectivity index (χ1v) is 8.00. The summed E-state index contributed by atoms with van der Waals surface area (Å²) >= 11 is 0. The van der Waals surface area contributed by atoms with Crippen LogP contribution in [0, 0.1) is 12.8 Å². The molecule has 6 nitrogen and oxygen atoms in total. The predicted octanol–water partition coefficient (Wildman–Crippen LogP) is 2.57. The van der Waals surface area contributed by atoms with Crippen LogP contribution in [0.4, 0.5) is 4.79 Å². The fourth-order valence-corrected chi connectivity index (χ4v) is 3.00. The Labute approximate surface area is 139 Å². The topological polar surface area (TPSA) is 79.6 Å². The van der Waals surface area contributed by atoms with Crippen molar-refractivity contribution in [3.63, 3.8) is 0 Å². The molecule has 24 heavy (non-hydrogen) atoms. The summed E-state index contributed by atoms with van der Waals surface area (Å²) in [6.45, 7) is 5.96. The molecule has 6 heteroatoms. The van der Waals surface area contributed by atoms with Gasteiger partial charge in [0.05, 0.1) is 6.54 Å². The average Bonchev–Trinajstić information content (AvgIpc) is 2.73. The number of nitrogens with one attached hydrogen (secondary N) is 1. The Balaban J connectivity index is 1.94. The summed E-state index contributed by atoms with van der Waals surface area (Å²) in [5, 5.41) is 3.44. The molecule has 1 aliphatic rings. The van der Waals surface area contributed by atoms with Gasteiger partial charge < -0.3 is 9.73 Å². The van der Waals surface area contributed by atoms with Crippen molar-refractivity contribution in [2.45, 2.75) is 39.8 Å². The van der Waals surface area contributed by atoms with Crippen molar-refractivity contribution in [3.05, 3.63) is 45.8 Å². The first-order chi connectivity index (χ1) is 11.3. The summed E-state index contributed by atoms with van der Waals surface area (Å²) in [5.74, 6) is 0.0500. The van der Waals surface area contributed by atoms with Crippen molar-refractivity contribution in [1.82, 2.24) is 10.2 Å². The van der Waals surface area contributed by atoms with Gasteiger partial charge in [-0.05, 0) is 36.5 Å². The normalized spacial score (nSPS) is 17.8. The van der Waals surface area contributed by atoms with Crippen molar-refractivity contribution >= 4 is 22.9 Å². The van der Waals surface area contributed by atoms with Crippen LogP contribution in [0.15, 0.2) is 33.5 Å². The van der Waals surface area contributed by atoms with Crippen LogP contribution in [0.1, 0.15) is 31.4 Å². The zero-order valence-electron chi connectivity index (χ0n) is 14.0. The van der Waals surface area contributed by atoms with Gasteiger partial charge in [0.2, 0.25) is 0 Å². The SMILES string of the molecule is Cc1ccc2c(CN3C(=O)N[C@@H](CC(C)C)C3=O)cc(=O)oc2c1. The molecule has 2 aromatic rings. The number of benzene rings is 1. The molecular formula is C18H20N2O4. The Hall–Kier alpha value is -2.63. The first kappa shape index (κ1) is 16.2. The van der Waals surface area contributed by atoms with Crippen LogP contribution in [0.2, 0.25) is 0 Å². The van der Waals surface area contributed by atoms with Crippen LogP contribution >= 0.6 is 0 Å². The smallest absolute Gasteiger partial charge is 0.336 e. The third-order valence-corrected chi connectivity index (χ3v) is 4.13.